The Bertz CT molecular complexity index is 679. The zero-order valence-electron chi connectivity index (χ0n) is 11.4. The first-order valence-electron chi connectivity index (χ1n) is 6.78. The molecule has 1 nitrogen and oxygen atoms in total. The van der Waals surface area contributed by atoms with E-state index in [0.29, 0.717) is 6.61 Å². The zero-order chi connectivity index (χ0) is 14.5. The van der Waals surface area contributed by atoms with Crippen LogP contribution in [-0.2, 0) is 11.3 Å². The molecule has 1 aromatic heterocycles. The van der Waals surface area contributed by atoms with Crippen LogP contribution in [0.1, 0.15) is 22.1 Å². The quantitative estimate of drug-likeness (QED) is 0.558. The molecule has 106 valence electrons. The van der Waals surface area contributed by atoms with Crippen LogP contribution in [0.2, 0.25) is 0 Å². The van der Waals surface area contributed by atoms with Gasteiger partial charge in [-0.05, 0) is 39.2 Å². The summed E-state index contributed by atoms with van der Waals surface area (Å²) in [5.74, 6) is 0. The molecule has 1 heterocycles. The zero-order valence-corrected chi connectivity index (χ0v) is 13.8. The van der Waals surface area contributed by atoms with Crippen LogP contribution in [0, 0.1) is 0 Å². The first-order valence-corrected chi connectivity index (χ1v) is 8.39. The molecule has 0 radical (unpaired) electrons. The molecule has 1 atom stereocenters. The van der Waals surface area contributed by atoms with E-state index >= 15 is 0 Å². The van der Waals surface area contributed by atoms with Gasteiger partial charge in [-0.1, -0.05) is 60.7 Å². The maximum atomic E-state index is 6.20. The van der Waals surface area contributed by atoms with Crippen molar-refractivity contribution in [2.45, 2.75) is 12.7 Å². The SMILES string of the molecule is Brc1ccc(C(OCc2ccccc2)c2ccccc2)s1. The smallest absolute Gasteiger partial charge is 0.117 e. The van der Waals surface area contributed by atoms with Crippen molar-refractivity contribution in [2.75, 3.05) is 0 Å². The Morgan fingerprint density at radius 2 is 1.52 bits per heavy atom. The summed E-state index contributed by atoms with van der Waals surface area (Å²) in [7, 11) is 0. The molecular formula is C18H15BrOS. The van der Waals surface area contributed by atoms with E-state index in [2.05, 4.69) is 64.5 Å². The van der Waals surface area contributed by atoms with Crippen molar-refractivity contribution in [3.8, 4) is 0 Å². The molecule has 0 amide bonds. The van der Waals surface area contributed by atoms with Crippen molar-refractivity contribution in [1.29, 1.82) is 0 Å². The molecule has 0 N–H and O–H groups in total. The van der Waals surface area contributed by atoms with Crippen molar-refractivity contribution in [1.82, 2.24) is 0 Å². The molecule has 0 aliphatic carbocycles. The minimum atomic E-state index is -0.0253. The molecule has 3 aromatic rings. The lowest BCUT2D eigenvalue weighted by atomic mass is 10.1. The Kier molecular flexibility index (Phi) is 4.86. The number of hydrogen-bond donors (Lipinski definition) is 0. The predicted molar refractivity (Wildman–Crippen MR) is 91.5 cm³/mol. The van der Waals surface area contributed by atoms with Gasteiger partial charge in [0.1, 0.15) is 6.10 Å². The number of halogens is 1. The lowest BCUT2D eigenvalue weighted by Crippen LogP contribution is -2.04. The van der Waals surface area contributed by atoms with Crippen LogP contribution >= 0.6 is 27.3 Å². The minimum absolute atomic E-state index is 0.0253. The fourth-order valence-corrected chi connectivity index (χ4v) is 3.69. The van der Waals surface area contributed by atoms with E-state index in [1.165, 1.54) is 16.0 Å². The van der Waals surface area contributed by atoms with Gasteiger partial charge in [0.25, 0.3) is 0 Å². The summed E-state index contributed by atoms with van der Waals surface area (Å²) < 4.78 is 7.33. The van der Waals surface area contributed by atoms with E-state index in [0.717, 1.165) is 3.79 Å². The summed E-state index contributed by atoms with van der Waals surface area (Å²) in [4.78, 5) is 1.21. The van der Waals surface area contributed by atoms with E-state index in [9.17, 15) is 0 Å². The molecule has 0 bridgehead atoms. The van der Waals surface area contributed by atoms with Gasteiger partial charge in [-0.15, -0.1) is 11.3 Å². The summed E-state index contributed by atoms with van der Waals surface area (Å²) in [6.45, 7) is 0.607. The molecule has 0 aliphatic heterocycles. The van der Waals surface area contributed by atoms with Gasteiger partial charge < -0.3 is 4.74 Å². The molecule has 3 rings (SSSR count). The van der Waals surface area contributed by atoms with Crippen LogP contribution in [0.3, 0.4) is 0 Å². The number of rotatable bonds is 5. The van der Waals surface area contributed by atoms with Gasteiger partial charge in [0.15, 0.2) is 0 Å². The van der Waals surface area contributed by atoms with Crippen LogP contribution in [-0.4, -0.2) is 0 Å². The maximum absolute atomic E-state index is 6.20. The number of ether oxygens (including phenoxy) is 1. The van der Waals surface area contributed by atoms with Gasteiger partial charge in [-0.25, -0.2) is 0 Å². The van der Waals surface area contributed by atoms with Crippen LogP contribution in [0.25, 0.3) is 0 Å². The van der Waals surface area contributed by atoms with E-state index in [-0.39, 0.29) is 6.10 Å². The van der Waals surface area contributed by atoms with Crippen molar-refractivity contribution in [2.24, 2.45) is 0 Å². The second-order valence-electron chi connectivity index (χ2n) is 4.73. The standard InChI is InChI=1S/C18H15BrOS/c19-17-12-11-16(21-17)18(15-9-5-2-6-10-15)20-13-14-7-3-1-4-8-14/h1-12,18H,13H2. The molecule has 21 heavy (non-hydrogen) atoms. The van der Waals surface area contributed by atoms with E-state index in [1.54, 1.807) is 11.3 Å². The Morgan fingerprint density at radius 1 is 0.857 bits per heavy atom. The van der Waals surface area contributed by atoms with E-state index < -0.39 is 0 Å². The third-order valence-electron chi connectivity index (χ3n) is 3.21. The third kappa shape index (κ3) is 3.82. The van der Waals surface area contributed by atoms with Crippen LogP contribution in [0.4, 0.5) is 0 Å². The van der Waals surface area contributed by atoms with Crippen molar-refractivity contribution in [3.63, 3.8) is 0 Å². The molecule has 0 aliphatic rings. The molecule has 0 spiro atoms. The Balaban J connectivity index is 1.83. The average Bonchev–Trinajstić information content (AvgIpc) is 2.96. The first kappa shape index (κ1) is 14.5. The summed E-state index contributed by atoms with van der Waals surface area (Å²) in [5, 5.41) is 0. The minimum Gasteiger partial charge on any atom is -0.363 e. The molecule has 3 heteroatoms. The first-order chi connectivity index (χ1) is 10.3. The Labute approximate surface area is 137 Å². The monoisotopic (exact) mass is 358 g/mol. The second-order valence-corrected chi connectivity index (χ2v) is 7.22. The Morgan fingerprint density at radius 3 is 2.14 bits per heavy atom. The maximum Gasteiger partial charge on any atom is 0.117 e. The summed E-state index contributed by atoms with van der Waals surface area (Å²) >= 11 is 5.25. The molecule has 0 saturated carbocycles. The summed E-state index contributed by atoms with van der Waals surface area (Å²) in [6, 6.07) is 24.8. The van der Waals surface area contributed by atoms with Gasteiger partial charge in [-0.3, -0.25) is 0 Å². The highest BCUT2D eigenvalue weighted by Gasteiger charge is 2.16. The van der Waals surface area contributed by atoms with E-state index in [4.69, 9.17) is 4.74 Å². The lowest BCUT2D eigenvalue weighted by Gasteiger charge is -2.17. The highest BCUT2D eigenvalue weighted by molar-refractivity contribution is 9.11. The largest absolute Gasteiger partial charge is 0.363 e. The van der Waals surface area contributed by atoms with Gasteiger partial charge in [0, 0.05) is 4.88 Å². The average molecular weight is 359 g/mol. The summed E-state index contributed by atoms with van der Waals surface area (Å²) in [5.41, 5.74) is 2.37. The fraction of sp³-hybridized carbons (Fsp3) is 0.111. The molecule has 0 saturated heterocycles. The number of benzene rings is 2. The van der Waals surface area contributed by atoms with Gasteiger partial charge >= 0.3 is 0 Å². The molecular weight excluding hydrogens is 344 g/mol. The Hall–Kier alpha value is -1.42. The molecule has 1 unspecified atom stereocenters. The molecule has 0 fully saturated rings. The highest BCUT2D eigenvalue weighted by atomic mass is 79.9. The second kappa shape index (κ2) is 7.03. The van der Waals surface area contributed by atoms with Gasteiger partial charge in [0.2, 0.25) is 0 Å². The summed E-state index contributed by atoms with van der Waals surface area (Å²) in [6.07, 6.45) is -0.0253. The van der Waals surface area contributed by atoms with Crippen LogP contribution in [0.15, 0.2) is 76.6 Å². The lowest BCUT2D eigenvalue weighted by molar-refractivity contribution is 0.0690. The third-order valence-corrected chi connectivity index (χ3v) is 4.88. The molecule has 2 aromatic carbocycles. The van der Waals surface area contributed by atoms with Crippen molar-refractivity contribution < 1.29 is 4.74 Å². The van der Waals surface area contributed by atoms with Crippen LogP contribution in [0.5, 0.6) is 0 Å². The van der Waals surface area contributed by atoms with Gasteiger partial charge in [0.05, 0.1) is 10.4 Å². The fourth-order valence-electron chi connectivity index (χ4n) is 2.19. The highest BCUT2D eigenvalue weighted by Crippen LogP contribution is 2.34. The normalized spacial score (nSPS) is 12.2. The predicted octanol–water partition coefficient (Wildman–Crippen LogP) is 5.82. The van der Waals surface area contributed by atoms with Gasteiger partial charge in [-0.2, -0.15) is 0 Å². The van der Waals surface area contributed by atoms with Crippen molar-refractivity contribution >= 4 is 27.3 Å². The van der Waals surface area contributed by atoms with Crippen LogP contribution < -0.4 is 0 Å². The topological polar surface area (TPSA) is 9.23 Å². The number of thiophene rings is 1. The van der Waals surface area contributed by atoms with E-state index in [1.807, 2.05) is 24.3 Å². The van der Waals surface area contributed by atoms with Crippen molar-refractivity contribution in [3.05, 3.63) is 92.6 Å². The number of hydrogen-bond acceptors (Lipinski definition) is 2.